The Labute approximate surface area is 99.2 Å². The average molecular weight is 282 g/mol. The van der Waals surface area contributed by atoms with E-state index in [0.717, 1.165) is 4.32 Å². The Hall–Kier alpha value is 0.506. The molecular formula is C8H17CoNO2S2. The third-order valence-electron chi connectivity index (χ3n) is 1.36. The number of thiocarbonyl (C=S) groups is 1. The molecule has 0 rings (SSSR count). The minimum absolute atomic E-state index is 0.0348. The number of hydrogen-bond donors (Lipinski definition) is 1. The Morgan fingerprint density at radius 3 is 2.43 bits per heavy atom. The molecule has 0 radical (unpaired) electrons. The molecule has 0 aromatic rings. The van der Waals surface area contributed by atoms with Gasteiger partial charge in [-0.15, -0.1) is 0 Å². The summed E-state index contributed by atoms with van der Waals surface area (Å²) in [4.78, 5) is 1.82. The van der Waals surface area contributed by atoms with E-state index in [1.807, 2.05) is 32.8 Å². The third kappa shape index (κ3) is 4.83. The molecule has 87 valence electrons. The van der Waals surface area contributed by atoms with Crippen molar-refractivity contribution in [3.8, 4) is 0 Å². The van der Waals surface area contributed by atoms with Gasteiger partial charge in [0.2, 0.25) is 0 Å². The fraction of sp³-hybridized carbons (Fsp3) is 0.875. The molecule has 0 bridgehead atoms. The minimum atomic E-state index is -1.41. The van der Waals surface area contributed by atoms with Gasteiger partial charge in [-0.25, -0.2) is 0 Å². The van der Waals surface area contributed by atoms with Gasteiger partial charge in [0.1, 0.15) is 0 Å². The topological polar surface area (TPSA) is 40.5 Å². The van der Waals surface area contributed by atoms with Crippen LogP contribution < -0.4 is 0 Å². The zero-order valence-corrected chi connectivity index (χ0v) is 11.5. The van der Waals surface area contributed by atoms with Gasteiger partial charge < -0.3 is 0 Å². The summed E-state index contributed by atoms with van der Waals surface area (Å²) in [5.41, 5.74) is 0. The number of aliphatic hydroxyl groups is 1. The van der Waals surface area contributed by atoms with Crippen molar-refractivity contribution < 1.29 is 22.6 Å². The van der Waals surface area contributed by atoms with E-state index < -0.39 is 17.3 Å². The van der Waals surface area contributed by atoms with Crippen molar-refractivity contribution in [1.29, 1.82) is 0 Å². The zero-order valence-electron chi connectivity index (χ0n) is 8.87. The molecule has 0 aliphatic heterocycles. The van der Waals surface area contributed by atoms with Crippen LogP contribution in [0.15, 0.2) is 0 Å². The van der Waals surface area contributed by atoms with Crippen molar-refractivity contribution in [2.24, 2.45) is 0 Å². The molecule has 0 unspecified atom stereocenters. The second-order valence-electron chi connectivity index (χ2n) is 3.24. The molecule has 0 aromatic heterocycles. The van der Waals surface area contributed by atoms with Crippen LogP contribution in [0.3, 0.4) is 0 Å². The summed E-state index contributed by atoms with van der Waals surface area (Å²) in [6.45, 7) is 3.74. The van der Waals surface area contributed by atoms with Crippen molar-refractivity contribution in [2.45, 2.75) is 22.9 Å². The molecule has 1 N–H and O–H groups in total. The normalized spacial score (nSPS) is 12.5. The van der Waals surface area contributed by atoms with E-state index in [0.29, 0.717) is 5.36 Å². The number of rotatable bonds is 4. The molecule has 0 saturated heterocycles. The van der Waals surface area contributed by atoms with Crippen molar-refractivity contribution in [1.82, 2.24) is 4.90 Å². The number of hydrogen-bond acceptors (Lipinski definition) is 4. The number of aliphatic hydroxyl groups excluding tert-OH is 1. The van der Waals surface area contributed by atoms with Crippen LogP contribution >= 0.6 is 24.0 Å². The van der Waals surface area contributed by atoms with Gasteiger partial charge in [-0.3, -0.25) is 0 Å². The van der Waals surface area contributed by atoms with Gasteiger partial charge in [-0.05, 0) is 0 Å². The summed E-state index contributed by atoms with van der Waals surface area (Å²) >= 11 is 5.14. The Bertz CT molecular complexity index is 231. The molecule has 0 amide bonds. The van der Waals surface area contributed by atoms with E-state index >= 15 is 0 Å². The number of thioether (sulfide) groups is 1. The molecule has 0 fully saturated rings. The van der Waals surface area contributed by atoms with Gasteiger partial charge in [0.05, 0.1) is 0 Å². The van der Waals surface area contributed by atoms with Crippen LogP contribution in [0.1, 0.15) is 13.8 Å². The molecule has 0 aliphatic rings. The molecule has 0 spiro atoms. The molecule has 0 saturated carbocycles. The van der Waals surface area contributed by atoms with Gasteiger partial charge in [0.15, 0.2) is 0 Å². The van der Waals surface area contributed by atoms with Crippen molar-refractivity contribution in [2.75, 3.05) is 20.7 Å². The molecule has 6 heteroatoms. The second-order valence-corrected chi connectivity index (χ2v) is 8.51. The SMILES string of the molecule is CN(C)C(=S)S[C](C)(C)[Co](=[O])[CH2]CO. The van der Waals surface area contributed by atoms with E-state index in [-0.39, 0.29) is 6.61 Å². The molecule has 3 nitrogen and oxygen atoms in total. The Kier molecular flexibility index (Phi) is 6.39. The van der Waals surface area contributed by atoms with Crippen LogP contribution in [0.25, 0.3) is 0 Å². The molecule has 0 aromatic carbocycles. The average Bonchev–Trinajstić information content (AvgIpc) is 2.03. The third-order valence-corrected chi connectivity index (χ3v) is 6.04. The predicted octanol–water partition coefficient (Wildman–Crippen LogP) is 1.68. The van der Waals surface area contributed by atoms with Crippen molar-refractivity contribution in [3.63, 3.8) is 0 Å². The first-order chi connectivity index (χ1) is 6.31. The molecular weight excluding hydrogens is 265 g/mol. The van der Waals surface area contributed by atoms with Crippen LogP contribution in [-0.2, 0) is 17.5 Å². The molecule has 14 heavy (non-hydrogen) atoms. The Morgan fingerprint density at radius 2 is 2.07 bits per heavy atom. The quantitative estimate of drug-likeness (QED) is 0.794. The molecule has 0 heterocycles. The maximum atomic E-state index is 11.7. The first-order valence-electron chi connectivity index (χ1n) is 4.09. The fourth-order valence-corrected chi connectivity index (χ4v) is 3.86. The second kappa shape index (κ2) is 6.17. The summed E-state index contributed by atoms with van der Waals surface area (Å²) in [6.07, 6.45) is 0. The summed E-state index contributed by atoms with van der Waals surface area (Å²) in [5, 5.41) is 9.04. The Morgan fingerprint density at radius 1 is 1.57 bits per heavy atom. The standard InChI is InChI=1S/C6H12NS2.C2H5O.Co.O/c1-5(2)9-6(8)7(3)4;1-2-3;;/h1-4H3;3H,1-2H2;;. The van der Waals surface area contributed by atoms with Gasteiger partial charge in [0, 0.05) is 0 Å². The fourth-order valence-electron chi connectivity index (χ4n) is 0.601. The summed E-state index contributed by atoms with van der Waals surface area (Å²) < 4.78 is 12.0. The van der Waals surface area contributed by atoms with Gasteiger partial charge in [-0.1, -0.05) is 0 Å². The van der Waals surface area contributed by atoms with Crippen LogP contribution in [0, 0.1) is 0 Å². The van der Waals surface area contributed by atoms with E-state index in [9.17, 15) is 3.87 Å². The van der Waals surface area contributed by atoms with Crippen LogP contribution in [0.2, 0.25) is 5.36 Å². The first-order valence-corrected chi connectivity index (χ1v) is 6.99. The summed E-state index contributed by atoms with van der Waals surface area (Å²) in [6, 6.07) is 0. The monoisotopic (exact) mass is 282 g/mol. The van der Waals surface area contributed by atoms with Gasteiger partial charge in [-0.2, -0.15) is 0 Å². The summed E-state index contributed by atoms with van der Waals surface area (Å²) in [5.74, 6) is 0. The molecule has 0 atom stereocenters. The molecule has 0 aliphatic carbocycles. The maximum absolute atomic E-state index is 11.7. The van der Waals surface area contributed by atoms with Crippen LogP contribution in [-0.4, -0.2) is 38.7 Å². The predicted molar refractivity (Wildman–Crippen MR) is 60.5 cm³/mol. The van der Waals surface area contributed by atoms with Crippen molar-refractivity contribution >= 4 is 28.3 Å². The Balaban J connectivity index is 4.33. The van der Waals surface area contributed by atoms with Gasteiger partial charge >= 0.3 is 99.3 Å². The van der Waals surface area contributed by atoms with E-state index in [2.05, 4.69) is 0 Å². The van der Waals surface area contributed by atoms with E-state index in [1.54, 1.807) is 0 Å². The van der Waals surface area contributed by atoms with Crippen molar-refractivity contribution in [3.05, 3.63) is 0 Å². The zero-order chi connectivity index (χ0) is 11.4. The number of nitrogens with zero attached hydrogens (tertiary/aromatic N) is 1. The van der Waals surface area contributed by atoms with Crippen LogP contribution in [0.5, 0.6) is 0 Å². The summed E-state index contributed by atoms with van der Waals surface area (Å²) in [7, 11) is 3.73. The van der Waals surface area contributed by atoms with Crippen LogP contribution in [0.4, 0.5) is 0 Å². The first kappa shape index (κ1) is 14.5. The van der Waals surface area contributed by atoms with E-state index in [4.69, 9.17) is 17.3 Å². The van der Waals surface area contributed by atoms with E-state index in [1.165, 1.54) is 11.8 Å². The van der Waals surface area contributed by atoms with Gasteiger partial charge in [0.25, 0.3) is 0 Å².